The smallest absolute Gasteiger partial charge is 0.394 e. The maximum atomic E-state index is 10.6. The number of hydrogen-bond acceptors (Lipinski definition) is 3. The number of carboxylic acids is 2. The van der Waals surface area contributed by atoms with E-state index in [1.54, 1.807) is 0 Å². The lowest BCUT2D eigenvalue weighted by molar-refractivity contribution is -0.904. The van der Waals surface area contributed by atoms with Gasteiger partial charge < -0.3 is 10.2 Å². The van der Waals surface area contributed by atoms with Crippen LogP contribution in [-0.2, 0) is 9.59 Å². The SMILES string of the molecule is C[N+](C)(C)C(N)(C(=O)O)C(=O)O. The molecule has 0 amide bonds. The van der Waals surface area contributed by atoms with Crippen molar-refractivity contribution >= 4 is 11.9 Å². The molecule has 0 aliphatic rings. The van der Waals surface area contributed by atoms with Crippen LogP contribution in [0.5, 0.6) is 0 Å². The molecule has 4 N–H and O–H groups in total. The number of carbonyl (C=O) groups is 2. The van der Waals surface area contributed by atoms with Gasteiger partial charge in [0.1, 0.15) is 0 Å². The monoisotopic (exact) mass is 177 g/mol. The van der Waals surface area contributed by atoms with Gasteiger partial charge in [0.15, 0.2) is 0 Å². The van der Waals surface area contributed by atoms with Gasteiger partial charge in [-0.3, -0.25) is 10.2 Å². The fourth-order valence-electron chi connectivity index (χ4n) is 0.665. The third-order valence-electron chi connectivity index (χ3n) is 1.71. The second kappa shape index (κ2) is 2.72. The van der Waals surface area contributed by atoms with Crippen LogP contribution in [0.4, 0.5) is 0 Å². The summed E-state index contributed by atoms with van der Waals surface area (Å²) < 4.78 is -0.377. The van der Waals surface area contributed by atoms with Gasteiger partial charge >= 0.3 is 17.6 Å². The number of nitrogens with zero attached hydrogens (tertiary/aromatic N) is 1. The van der Waals surface area contributed by atoms with Crippen LogP contribution in [0.2, 0.25) is 0 Å². The molecule has 6 nitrogen and oxygen atoms in total. The third-order valence-corrected chi connectivity index (χ3v) is 1.71. The molecule has 0 atom stereocenters. The Morgan fingerprint density at radius 3 is 1.42 bits per heavy atom. The predicted octanol–water partition coefficient (Wildman–Crippen LogP) is -1.48. The lowest BCUT2D eigenvalue weighted by atomic mass is 10.1. The molecule has 0 bridgehead atoms. The maximum absolute atomic E-state index is 10.6. The van der Waals surface area contributed by atoms with Crippen LogP contribution in [0.1, 0.15) is 0 Å². The highest BCUT2D eigenvalue weighted by atomic mass is 16.4. The van der Waals surface area contributed by atoms with Crippen LogP contribution in [0.15, 0.2) is 0 Å². The van der Waals surface area contributed by atoms with Gasteiger partial charge in [-0.15, -0.1) is 0 Å². The summed E-state index contributed by atoms with van der Waals surface area (Å²) in [6.07, 6.45) is 0. The Morgan fingerprint density at radius 1 is 1.17 bits per heavy atom. The van der Waals surface area contributed by atoms with Crippen molar-refractivity contribution in [3.63, 3.8) is 0 Å². The van der Waals surface area contributed by atoms with Gasteiger partial charge in [-0.1, -0.05) is 0 Å². The molecule has 12 heavy (non-hydrogen) atoms. The molecule has 0 fully saturated rings. The van der Waals surface area contributed by atoms with Crippen LogP contribution in [-0.4, -0.2) is 53.4 Å². The van der Waals surface area contributed by atoms with Crippen molar-refractivity contribution in [1.82, 2.24) is 0 Å². The zero-order chi connectivity index (χ0) is 10.2. The largest absolute Gasteiger partial charge is 0.475 e. The van der Waals surface area contributed by atoms with Gasteiger partial charge in [0.05, 0.1) is 21.1 Å². The summed E-state index contributed by atoms with van der Waals surface area (Å²) in [4.78, 5) is 21.2. The number of aliphatic carboxylic acids is 2. The number of hydrogen-bond donors (Lipinski definition) is 3. The zero-order valence-electron chi connectivity index (χ0n) is 7.24. The van der Waals surface area contributed by atoms with Crippen molar-refractivity contribution in [3.05, 3.63) is 0 Å². The van der Waals surface area contributed by atoms with Crippen LogP contribution < -0.4 is 5.73 Å². The van der Waals surface area contributed by atoms with Crippen LogP contribution in [0.3, 0.4) is 0 Å². The van der Waals surface area contributed by atoms with Gasteiger partial charge in [-0.2, -0.15) is 0 Å². The van der Waals surface area contributed by atoms with E-state index in [1.165, 1.54) is 21.1 Å². The first-order valence-electron chi connectivity index (χ1n) is 3.21. The first kappa shape index (κ1) is 10.9. The van der Waals surface area contributed by atoms with Crippen LogP contribution >= 0.6 is 0 Å². The summed E-state index contributed by atoms with van der Waals surface area (Å²) in [5.41, 5.74) is 2.94. The topological polar surface area (TPSA) is 101 Å². The lowest BCUT2D eigenvalue weighted by Gasteiger charge is -2.35. The molecular formula is C6H13N2O4+. The molecule has 0 rings (SSSR count). The molecule has 70 valence electrons. The molecule has 0 saturated heterocycles. The Balaban J connectivity index is 5.17. The third kappa shape index (κ3) is 1.39. The molecule has 6 heteroatoms. The average molecular weight is 177 g/mol. The molecule has 0 aliphatic heterocycles. The average Bonchev–Trinajstić information content (AvgIpc) is 1.82. The Hall–Kier alpha value is -1.14. The molecule has 0 spiro atoms. The Kier molecular flexibility index (Phi) is 2.46. The van der Waals surface area contributed by atoms with Gasteiger partial charge in [0.25, 0.3) is 0 Å². The Labute approximate surface area is 69.8 Å². The molecule has 0 unspecified atom stereocenters. The number of carboxylic acid groups (broad SMARTS) is 2. The van der Waals surface area contributed by atoms with Crippen molar-refractivity contribution in [2.45, 2.75) is 5.66 Å². The minimum Gasteiger partial charge on any atom is -0.475 e. The number of quaternary nitrogens is 1. The quantitative estimate of drug-likeness (QED) is 0.277. The highest BCUT2D eigenvalue weighted by molar-refractivity contribution is 6.00. The van der Waals surface area contributed by atoms with E-state index in [-0.39, 0.29) is 4.48 Å². The van der Waals surface area contributed by atoms with E-state index in [9.17, 15) is 9.59 Å². The summed E-state index contributed by atoms with van der Waals surface area (Å²) in [5, 5.41) is 17.2. The molecule has 0 aromatic rings. The summed E-state index contributed by atoms with van der Waals surface area (Å²) in [6, 6.07) is 0. The fraction of sp³-hybridized carbons (Fsp3) is 0.667. The van der Waals surface area contributed by atoms with E-state index >= 15 is 0 Å². The highest BCUT2D eigenvalue weighted by Gasteiger charge is 2.55. The number of likely N-dealkylation sites (N-methyl/N-ethyl adjacent to an activating group) is 1. The fourth-order valence-corrected chi connectivity index (χ4v) is 0.665. The predicted molar refractivity (Wildman–Crippen MR) is 40.2 cm³/mol. The van der Waals surface area contributed by atoms with Gasteiger partial charge in [-0.25, -0.2) is 9.59 Å². The van der Waals surface area contributed by atoms with Crippen molar-refractivity contribution in [2.75, 3.05) is 21.1 Å². The first-order chi connectivity index (χ1) is 5.14. The van der Waals surface area contributed by atoms with E-state index in [1.807, 2.05) is 0 Å². The number of rotatable bonds is 3. The Morgan fingerprint density at radius 2 is 1.42 bits per heavy atom. The summed E-state index contributed by atoms with van der Waals surface area (Å²) in [7, 11) is 4.22. The van der Waals surface area contributed by atoms with Gasteiger partial charge in [0.2, 0.25) is 0 Å². The standard InChI is InChI=1S/C6H12N2O4/c1-8(2,3)6(7,4(9)10)5(11)12/h7H2,1-3H3,(H-,9,10,11,12)/p+1. The van der Waals surface area contributed by atoms with Gasteiger partial charge in [0, 0.05) is 0 Å². The number of nitrogens with two attached hydrogens (primary N) is 1. The maximum Gasteiger partial charge on any atom is 0.394 e. The van der Waals surface area contributed by atoms with E-state index in [0.29, 0.717) is 0 Å². The van der Waals surface area contributed by atoms with Crippen LogP contribution in [0, 0.1) is 0 Å². The molecular weight excluding hydrogens is 164 g/mol. The molecule has 0 aliphatic carbocycles. The molecule has 0 aromatic carbocycles. The van der Waals surface area contributed by atoms with Crippen LogP contribution in [0.25, 0.3) is 0 Å². The second-order valence-electron chi connectivity index (χ2n) is 3.39. The zero-order valence-corrected chi connectivity index (χ0v) is 7.24. The lowest BCUT2D eigenvalue weighted by Crippen LogP contribution is -2.72. The molecule has 0 heterocycles. The van der Waals surface area contributed by atoms with Crippen molar-refractivity contribution in [1.29, 1.82) is 0 Å². The van der Waals surface area contributed by atoms with E-state index in [2.05, 4.69) is 0 Å². The molecule has 0 aromatic heterocycles. The van der Waals surface area contributed by atoms with Crippen molar-refractivity contribution < 1.29 is 24.3 Å². The summed E-state index contributed by atoms with van der Waals surface area (Å²) in [5.74, 6) is -3.11. The van der Waals surface area contributed by atoms with E-state index in [0.717, 1.165) is 0 Å². The minimum absolute atomic E-state index is 0.377. The van der Waals surface area contributed by atoms with E-state index in [4.69, 9.17) is 15.9 Å². The Bertz CT molecular complexity index is 204. The molecule has 0 saturated carbocycles. The van der Waals surface area contributed by atoms with E-state index < -0.39 is 17.6 Å². The summed E-state index contributed by atoms with van der Waals surface area (Å²) in [6.45, 7) is 0. The van der Waals surface area contributed by atoms with Gasteiger partial charge in [-0.05, 0) is 0 Å². The van der Waals surface area contributed by atoms with Crippen molar-refractivity contribution in [2.24, 2.45) is 5.73 Å². The van der Waals surface area contributed by atoms with Crippen molar-refractivity contribution in [3.8, 4) is 0 Å². The first-order valence-corrected chi connectivity index (χ1v) is 3.21. The minimum atomic E-state index is -2.29. The normalized spacial score (nSPS) is 12.7. The highest BCUT2D eigenvalue weighted by Crippen LogP contribution is 2.12. The summed E-state index contributed by atoms with van der Waals surface area (Å²) >= 11 is 0. The molecule has 0 radical (unpaired) electrons. The second-order valence-corrected chi connectivity index (χ2v) is 3.39.